The SMILES string of the molecule is COc1ccc(C2(CNC(=O)C(C(C)C)N3CC(C)OC(C)C3)CCOCC2)cc1. The zero-order valence-electron chi connectivity index (χ0n) is 19.1. The first-order valence-corrected chi connectivity index (χ1v) is 11.2. The molecule has 0 spiro atoms. The van der Waals surface area contributed by atoms with Crippen molar-refractivity contribution in [2.24, 2.45) is 5.92 Å². The van der Waals surface area contributed by atoms with Gasteiger partial charge in [0, 0.05) is 38.3 Å². The summed E-state index contributed by atoms with van der Waals surface area (Å²) in [6.45, 7) is 12.1. The molecule has 2 heterocycles. The minimum absolute atomic E-state index is 0.104. The van der Waals surface area contributed by atoms with Gasteiger partial charge in [0.05, 0.1) is 25.4 Å². The number of rotatable bonds is 7. The van der Waals surface area contributed by atoms with E-state index in [1.807, 2.05) is 12.1 Å². The zero-order valence-corrected chi connectivity index (χ0v) is 19.1. The third kappa shape index (κ3) is 5.34. The Morgan fingerprint density at radius 2 is 1.77 bits per heavy atom. The molecule has 168 valence electrons. The highest BCUT2D eigenvalue weighted by molar-refractivity contribution is 5.82. The number of morpholine rings is 1. The molecule has 6 heteroatoms. The standard InChI is InChI=1S/C24H38N2O4/c1-17(2)22(26-14-18(3)30-19(4)15-26)23(27)25-16-24(10-12-29-13-11-24)20-6-8-21(28-5)9-7-20/h6-9,17-19,22H,10-16H2,1-5H3,(H,25,27). The Morgan fingerprint density at radius 1 is 1.17 bits per heavy atom. The van der Waals surface area contributed by atoms with Crippen molar-refractivity contribution in [3.8, 4) is 5.75 Å². The number of hydrogen-bond acceptors (Lipinski definition) is 5. The molecular weight excluding hydrogens is 380 g/mol. The third-order valence-corrected chi connectivity index (χ3v) is 6.49. The zero-order chi connectivity index (χ0) is 21.7. The summed E-state index contributed by atoms with van der Waals surface area (Å²) in [5.74, 6) is 1.19. The summed E-state index contributed by atoms with van der Waals surface area (Å²) in [5, 5.41) is 3.32. The van der Waals surface area contributed by atoms with Crippen LogP contribution in [0.1, 0.15) is 46.1 Å². The molecule has 3 rings (SSSR count). The second-order valence-electron chi connectivity index (χ2n) is 9.24. The van der Waals surface area contributed by atoms with E-state index < -0.39 is 0 Å². The van der Waals surface area contributed by atoms with Gasteiger partial charge < -0.3 is 19.5 Å². The number of nitrogens with zero attached hydrogens (tertiary/aromatic N) is 1. The largest absolute Gasteiger partial charge is 0.497 e. The van der Waals surface area contributed by atoms with E-state index in [2.05, 4.69) is 50.0 Å². The summed E-state index contributed by atoms with van der Waals surface area (Å²) >= 11 is 0. The molecule has 6 nitrogen and oxygen atoms in total. The van der Waals surface area contributed by atoms with Gasteiger partial charge in [0.25, 0.3) is 0 Å². The quantitative estimate of drug-likeness (QED) is 0.738. The van der Waals surface area contributed by atoms with Crippen LogP contribution in [0.25, 0.3) is 0 Å². The molecule has 1 N–H and O–H groups in total. The molecule has 0 radical (unpaired) electrons. The smallest absolute Gasteiger partial charge is 0.237 e. The van der Waals surface area contributed by atoms with Crippen molar-refractivity contribution in [2.45, 2.75) is 64.2 Å². The average molecular weight is 419 g/mol. The summed E-state index contributed by atoms with van der Waals surface area (Å²) in [6.07, 6.45) is 2.09. The number of nitrogens with one attached hydrogen (secondary N) is 1. The Balaban J connectivity index is 1.73. The Morgan fingerprint density at radius 3 is 2.30 bits per heavy atom. The summed E-state index contributed by atoms with van der Waals surface area (Å²) in [4.78, 5) is 15.7. The Bertz CT molecular complexity index is 675. The maximum Gasteiger partial charge on any atom is 0.237 e. The molecule has 0 bridgehead atoms. The van der Waals surface area contributed by atoms with Crippen LogP contribution in [-0.4, -0.2) is 69.0 Å². The fraction of sp³-hybridized carbons (Fsp3) is 0.708. The molecule has 0 aliphatic carbocycles. The fourth-order valence-electron chi connectivity index (χ4n) is 4.97. The Hall–Kier alpha value is -1.63. The van der Waals surface area contributed by atoms with Gasteiger partial charge in [0.15, 0.2) is 0 Å². The Labute approximate surface area is 181 Å². The number of hydrogen-bond donors (Lipinski definition) is 1. The van der Waals surface area contributed by atoms with Crippen molar-refractivity contribution >= 4 is 5.91 Å². The predicted molar refractivity (Wildman–Crippen MR) is 118 cm³/mol. The molecule has 1 amide bonds. The van der Waals surface area contributed by atoms with E-state index in [4.69, 9.17) is 14.2 Å². The molecule has 0 saturated carbocycles. The lowest BCUT2D eigenvalue weighted by molar-refractivity contribution is -0.135. The van der Waals surface area contributed by atoms with Crippen LogP contribution in [0.4, 0.5) is 0 Å². The first kappa shape index (κ1) is 23.0. The van der Waals surface area contributed by atoms with Crippen LogP contribution in [0.3, 0.4) is 0 Å². The van der Waals surface area contributed by atoms with Gasteiger partial charge in [-0.25, -0.2) is 0 Å². The van der Waals surface area contributed by atoms with Gasteiger partial charge in [0.2, 0.25) is 5.91 Å². The number of carbonyl (C=O) groups is 1. The van der Waals surface area contributed by atoms with Crippen molar-refractivity contribution in [2.75, 3.05) is 40.0 Å². The predicted octanol–water partition coefficient (Wildman–Crippen LogP) is 2.99. The lowest BCUT2D eigenvalue weighted by Crippen LogP contribution is -2.58. The van der Waals surface area contributed by atoms with Crippen molar-refractivity contribution in [1.29, 1.82) is 0 Å². The molecule has 1 aromatic carbocycles. The maximum atomic E-state index is 13.4. The molecule has 3 atom stereocenters. The van der Waals surface area contributed by atoms with Crippen molar-refractivity contribution < 1.29 is 19.0 Å². The average Bonchev–Trinajstić information content (AvgIpc) is 2.72. The monoisotopic (exact) mass is 418 g/mol. The highest BCUT2D eigenvalue weighted by Crippen LogP contribution is 2.35. The van der Waals surface area contributed by atoms with E-state index in [9.17, 15) is 4.79 Å². The van der Waals surface area contributed by atoms with E-state index in [1.54, 1.807) is 7.11 Å². The molecular formula is C24H38N2O4. The van der Waals surface area contributed by atoms with Crippen molar-refractivity contribution in [3.63, 3.8) is 0 Å². The van der Waals surface area contributed by atoms with Gasteiger partial charge in [-0.3, -0.25) is 9.69 Å². The number of carbonyl (C=O) groups excluding carboxylic acids is 1. The fourth-order valence-corrected chi connectivity index (χ4v) is 4.97. The lowest BCUT2D eigenvalue weighted by Gasteiger charge is -2.42. The van der Waals surface area contributed by atoms with Gasteiger partial charge in [0.1, 0.15) is 5.75 Å². The van der Waals surface area contributed by atoms with E-state index in [-0.39, 0.29) is 35.5 Å². The second kappa shape index (κ2) is 10.1. The van der Waals surface area contributed by atoms with Crippen LogP contribution in [0, 0.1) is 5.92 Å². The maximum absolute atomic E-state index is 13.4. The van der Waals surface area contributed by atoms with E-state index in [0.29, 0.717) is 19.8 Å². The van der Waals surface area contributed by atoms with E-state index in [0.717, 1.165) is 31.7 Å². The van der Waals surface area contributed by atoms with Gasteiger partial charge in [-0.2, -0.15) is 0 Å². The summed E-state index contributed by atoms with van der Waals surface area (Å²) in [5.41, 5.74) is 1.13. The number of benzene rings is 1. The minimum atomic E-state index is -0.147. The van der Waals surface area contributed by atoms with Crippen LogP contribution < -0.4 is 10.1 Å². The van der Waals surface area contributed by atoms with Crippen LogP contribution in [0.2, 0.25) is 0 Å². The first-order valence-electron chi connectivity index (χ1n) is 11.2. The second-order valence-corrected chi connectivity index (χ2v) is 9.24. The van der Waals surface area contributed by atoms with Crippen LogP contribution in [0.5, 0.6) is 5.75 Å². The van der Waals surface area contributed by atoms with Gasteiger partial charge in [-0.05, 0) is 50.3 Å². The van der Waals surface area contributed by atoms with Crippen LogP contribution >= 0.6 is 0 Å². The lowest BCUT2D eigenvalue weighted by atomic mass is 9.74. The van der Waals surface area contributed by atoms with Gasteiger partial charge in [-0.1, -0.05) is 26.0 Å². The molecule has 2 aliphatic rings. The van der Waals surface area contributed by atoms with Crippen molar-refractivity contribution in [3.05, 3.63) is 29.8 Å². The van der Waals surface area contributed by atoms with E-state index >= 15 is 0 Å². The van der Waals surface area contributed by atoms with Crippen LogP contribution in [0.15, 0.2) is 24.3 Å². The molecule has 0 aromatic heterocycles. The molecule has 1 aromatic rings. The highest BCUT2D eigenvalue weighted by atomic mass is 16.5. The molecule has 2 fully saturated rings. The van der Waals surface area contributed by atoms with Crippen LogP contribution in [-0.2, 0) is 19.7 Å². The van der Waals surface area contributed by atoms with Gasteiger partial charge in [-0.15, -0.1) is 0 Å². The molecule has 2 saturated heterocycles. The normalized spacial score (nSPS) is 25.7. The molecule has 2 aliphatic heterocycles. The summed E-state index contributed by atoms with van der Waals surface area (Å²) < 4.78 is 16.8. The number of methoxy groups -OCH3 is 1. The van der Waals surface area contributed by atoms with E-state index in [1.165, 1.54) is 5.56 Å². The van der Waals surface area contributed by atoms with Crippen molar-refractivity contribution in [1.82, 2.24) is 10.2 Å². The Kier molecular flexibility index (Phi) is 7.77. The summed E-state index contributed by atoms with van der Waals surface area (Å²) in [6, 6.07) is 8.11. The summed E-state index contributed by atoms with van der Waals surface area (Å²) in [7, 11) is 1.68. The number of amides is 1. The number of ether oxygens (including phenoxy) is 3. The van der Waals surface area contributed by atoms with Gasteiger partial charge >= 0.3 is 0 Å². The molecule has 3 unspecified atom stereocenters. The topological polar surface area (TPSA) is 60.0 Å². The molecule has 30 heavy (non-hydrogen) atoms. The first-order chi connectivity index (χ1) is 14.3. The third-order valence-electron chi connectivity index (χ3n) is 6.49. The minimum Gasteiger partial charge on any atom is -0.497 e. The highest BCUT2D eigenvalue weighted by Gasteiger charge is 2.38.